The molecule has 3 rings (SSSR count). The lowest BCUT2D eigenvalue weighted by Crippen LogP contribution is -2.07. The molecule has 110 valence electrons. The van der Waals surface area contributed by atoms with E-state index < -0.39 is 6.10 Å². The fraction of sp³-hybridized carbons (Fsp3) is 0.357. The summed E-state index contributed by atoms with van der Waals surface area (Å²) < 4.78 is 4.50. The smallest absolute Gasteiger partial charge is 0.0903 e. The quantitative estimate of drug-likeness (QED) is 0.782. The highest BCUT2D eigenvalue weighted by Gasteiger charge is 2.20. The van der Waals surface area contributed by atoms with Crippen molar-refractivity contribution in [1.82, 2.24) is 24.4 Å². The van der Waals surface area contributed by atoms with Crippen LogP contribution in [0.1, 0.15) is 30.0 Å². The molecule has 7 heteroatoms. The molecule has 0 saturated heterocycles. The summed E-state index contributed by atoms with van der Waals surface area (Å²) in [7, 11) is 1.89. The van der Waals surface area contributed by atoms with Crippen LogP contribution in [0.4, 0.5) is 0 Å². The van der Waals surface area contributed by atoms with Crippen LogP contribution in [0, 0.1) is 0 Å². The molecule has 21 heavy (non-hydrogen) atoms. The number of aryl methyl sites for hydroxylation is 2. The van der Waals surface area contributed by atoms with Gasteiger partial charge in [0, 0.05) is 31.4 Å². The molecular weight excluding hydrogens is 334 g/mol. The van der Waals surface area contributed by atoms with Crippen LogP contribution in [0.15, 0.2) is 29.3 Å². The van der Waals surface area contributed by atoms with Gasteiger partial charge < -0.3 is 5.11 Å². The number of hydrogen-bond acceptors (Lipinski definition) is 4. The van der Waals surface area contributed by atoms with E-state index in [2.05, 4.69) is 38.0 Å². The lowest BCUT2D eigenvalue weighted by atomic mass is 10.1. The third-order valence-corrected chi connectivity index (χ3v) is 4.52. The monoisotopic (exact) mass is 349 g/mol. The molecule has 0 aliphatic rings. The normalized spacial score (nSPS) is 13.0. The summed E-state index contributed by atoms with van der Waals surface area (Å²) in [4.78, 5) is 4.09. The Labute approximate surface area is 130 Å². The largest absolute Gasteiger partial charge is 0.388 e. The molecule has 1 unspecified atom stereocenters. The van der Waals surface area contributed by atoms with Crippen molar-refractivity contribution in [3.8, 4) is 0 Å². The Hall–Kier alpha value is -1.73. The van der Waals surface area contributed by atoms with Gasteiger partial charge in [0.2, 0.25) is 0 Å². The van der Waals surface area contributed by atoms with Crippen molar-refractivity contribution in [2.75, 3.05) is 0 Å². The summed E-state index contributed by atoms with van der Waals surface area (Å²) in [6.45, 7) is 2.06. The van der Waals surface area contributed by atoms with Crippen molar-refractivity contribution >= 4 is 21.4 Å². The minimum absolute atomic E-state index is 0.473. The van der Waals surface area contributed by atoms with Gasteiger partial charge in [0.25, 0.3) is 0 Å². The van der Waals surface area contributed by atoms with Gasteiger partial charge in [0.15, 0.2) is 0 Å². The summed E-state index contributed by atoms with van der Waals surface area (Å²) in [6.07, 6.45) is 7.50. The molecule has 0 saturated carbocycles. The number of halogens is 1. The SMILES string of the molecule is CCc1nn(C)c(CC(O)c2cnn3ccncc23)c1Br. The highest BCUT2D eigenvalue weighted by atomic mass is 79.9. The van der Waals surface area contributed by atoms with Crippen molar-refractivity contribution < 1.29 is 5.11 Å². The van der Waals surface area contributed by atoms with E-state index in [0.717, 1.165) is 33.4 Å². The predicted octanol–water partition coefficient (Wildman–Crippen LogP) is 2.06. The lowest BCUT2D eigenvalue weighted by molar-refractivity contribution is 0.177. The second-order valence-corrected chi connectivity index (χ2v) is 5.70. The van der Waals surface area contributed by atoms with E-state index in [1.807, 2.05) is 11.7 Å². The Bertz CT molecular complexity index is 779. The van der Waals surface area contributed by atoms with E-state index in [4.69, 9.17) is 0 Å². The number of nitrogens with zero attached hydrogens (tertiary/aromatic N) is 5. The minimum atomic E-state index is -0.650. The van der Waals surface area contributed by atoms with E-state index in [1.165, 1.54) is 0 Å². The highest BCUT2D eigenvalue weighted by Crippen LogP contribution is 2.28. The fourth-order valence-corrected chi connectivity index (χ4v) is 3.22. The summed E-state index contributed by atoms with van der Waals surface area (Å²) in [5.41, 5.74) is 3.57. The molecule has 1 atom stereocenters. The number of rotatable bonds is 4. The number of hydrogen-bond donors (Lipinski definition) is 1. The Balaban J connectivity index is 1.93. The van der Waals surface area contributed by atoms with Crippen LogP contribution < -0.4 is 0 Å². The Kier molecular flexibility index (Phi) is 3.77. The zero-order valence-corrected chi connectivity index (χ0v) is 13.4. The maximum Gasteiger partial charge on any atom is 0.0903 e. The van der Waals surface area contributed by atoms with E-state index in [1.54, 1.807) is 29.3 Å². The number of fused-ring (bicyclic) bond motifs is 1. The summed E-state index contributed by atoms with van der Waals surface area (Å²) >= 11 is 3.58. The molecule has 0 spiro atoms. The molecule has 3 heterocycles. The van der Waals surface area contributed by atoms with Crippen LogP contribution in [-0.4, -0.2) is 29.5 Å². The van der Waals surface area contributed by atoms with Crippen LogP contribution in [0.5, 0.6) is 0 Å². The predicted molar refractivity (Wildman–Crippen MR) is 81.9 cm³/mol. The summed E-state index contributed by atoms with van der Waals surface area (Å²) in [5.74, 6) is 0. The first-order valence-corrected chi connectivity index (χ1v) is 7.56. The van der Waals surface area contributed by atoms with Crippen molar-refractivity contribution in [3.63, 3.8) is 0 Å². The van der Waals surface area contributed by atoms with Gasteiger partial charge in [-0.3, -0.25) is 9.67 Å². The van der Waals surface area contributed by atoms with Gasteiger partial charge in [-0.1, -0.05) is 6.92 Å². The van der Waals surface area contributed by atoms with Crippen molar-refractivity contribution in [1.29, 1.82) is 0 Å². The standard InChI is InChI=1S/C14H16BrN5O/c1-3-10-14(15)11(19(2)18-10)6-13(21)9-7-17-20-5-4-16-8-12(9)20/h4-5,7-8,13,21H,3,6H2,1-2H3. The fourth-order valence-electron chi connectivity index (χ4n) is 2.44. The summed E-state index contributed by atoms with van der Waals surface area (Å²) in [5, 5.41) is 19.2. The first-order valence-electron chi connectivity index (χ1n) is 6.77. The van der Waals surface area contributed by atoms with Gasteiger partial charge in [-0.2, -0.15) is 10.2 Å². The Morgan fingerprint density at radius 1 is 1.38 bits per heavy atom. The van der Waals surface area contributed by atoms with E-state index in [0.29, 0.717) is 6.42 Å². The molecule has 1 N–H and O–H groups in total. The molecule has 0 aliphatic carbocycles. The number of aliphatic hydroxyl groups excluding tert-OH is 1. The molecular formula is C14H16BrN5O. The van der Waals surface area contributed by atoms with Gasteiger partial charge in [0.1, 0.15) is 0 Å². The van der Waals surface area contributed by atoms with Gasteiger partial charge in [0.05, 0.1) is 39.9 Å². The molecule has 0 amide bonds. The van der Waals surface area contributed by atoms with Crippen LogP contribution in [0.2, 0.25) is 0 Å². The molecule has 3 aromatic rings. The van der Waals surface area contributed by atoms with Crippen LogP contribution in [-0.2, 0) is 19.9 Å². The third-order valence-electron chi connectivity index (χ3n) is 3.60. The molecule has 0 aliphatic heterocycles. The van der Waals surface area contributed by atoms with E-state index in [9.17, 15) is 5.11 Å². The average molecular weight is 350 g/mol. The summed E-state index contributed by atoms with van der Waals surface area (Å²) in [6, 6.07) is 0. The number of aliphatic hydroxyl groups is 1. The Morgan fingerprint density at radius 2 is 2.19 bits per heavy atom. The molecule has 0 radical (unpaired) electrons. The van der Waals surface area contributed by atoms with Crippen LogP contribution in [0.3, 0.4) is 0 Å². The first kappa shape index (κ1) is 14.2. The first-order chi connectivity index (χ1) is 10.1. The lowest BCUT2D eigenvalue weighted by Gasteiger charge is -2.10. The zero-order chi connectivity index (χ0) is 15.0. The highest BCUT2D eigenvalue weighted by molar-refractivity contribution is 9.10. The van der Waals surface area contributed by atoms with Crippen molar-refractivity contribution in [3.05, 3.63) is 46.2 Å². The molecule has 0 aromatic carbocycles. The van der Waals surface area contributed by atoms with Gasteiger partial charge in [-0.05, 0) is 22.4 Å². The van der Waals surface area contributed by atoms with Crippen LogP contribution >= 0.6 is 15.9 Å². The van der Waals surface area contributed by atoms with Crippen molar-refractivity contribution in [2.24, 2.45) is 7.05 Å². The molecule has 3 aromatic heterocycles. The molecule has 6 nitrogen and oxygen atoms in total. The van der Waals surface area contributed by atoms with Crippen LogP contribution in [0.25, 0.3) is 5.52 Å². The topological polar surface area (TPSA) is 68.2 Å². The maximum absolute atomic E-state index is 10.5. The van der Waals surface area contributed by atoms with Crippen molar-refractivity contribution in [2.45, 2.75) is 25.9 Å². The van der Waals surface area contributed by atoms with Gasteiger partial charge in [-0.15, -0.1) is 0 Å². The van der Waals surface area contributed by atoms with E-state index >= 15 is 0 Å². The zero-order valence-electron chi connectivity index (χ0n) is 11.9. The van der Waals surface area contributed by atoms with E-state index in [-0.39, 0.29) is 0 Å². The van der Waals surface area contributed by atoms with Gasteiger partial charge in [-0.25, -0.2) is 4.52 Å². The minimum Gasteiger partial charge on any atom is -0.388 e. The maximum atomic E-state index is 10.5. The average Bonchev–Trinajstić information content (AvgIpc) is 3.03. The Morgan fingerprint density at radius 3 is 2.90 bits per heavy atom. The second-order valence-electron chi connectivity index (χ2n) is 4.91. The second kappa shape index (κ2) is 5.57. The molecule has 0 bridgehead atoms. The van der Waals surface area contributed by atoms with Gasteiger partial charge >= 0.3 is 0 Å². The number of aromatic nitrogens is 5. The molecule has 0 fully saturated rings. The third kappa shape index (κ3) is 2.47.